The van der Waals surface area contributed by atoms with Crippen LogP contribution in [0.4, 0.5) is 10.1 Å². The molecule has 0 heterocycles. The Balaban J connectivity index is 2.08. The molecule has 0 fully saturated rings. The molecule has 0 aliphatic carbocycles. The average Bonchev–Trinajstić information content (AvgIpc) is 2.92. The van der Waals surface area contributed by atoms with Crippen molar-refractivity contribution in [2.24, 2.45) is 0 Å². The van der Waals surface area contributed by atoms with E-state index in [2.05, 4.69) is 5.32 Å². The quantitative estimate of drug-likeness (QED) is 0.323. The Morgan fingerprint density at radius 2 is 1.52 bits per heavy atom. The molecule has 2 amide bonds. The van der Waals surface area contributed by atoms with Crippen LogP contribution in [0.5, 0.6) is 0 Å². The molecule has 214 valence electrons. The number of carbonyl (C=O) groups is 2. The van der Waals surface area contributed by atoms with Gasteiger partial charge in [-0.05, 0) is 75.1 Å². The molecular formula is C31H38FN3O4S. The van der Waals surface area contributed by atoms with Gasteiger partial charge in [-0.3, -0.25) is 13.9 Å². The van der Waals surface area contributed by atoms with Crippen molar-refractivity contribution in [1.82, 2.24) is 10.2 Å². The molecule has 1 unspecified atom stereocenters. The fraction of sp³-hybridized carbons (Fsp3) is 0.355. The molecular weight excluding hydrogens is 529 g/mol. The first-order chi connectivity index (χ1) is 19.0. The summed E-state index contributed by atoms with van der Waals surface area (Å²) in [6.45, 7) is 9.25. The molecule has 1 atom stereocenters. The van der Waals surface area contributed by atoms with Crippen LogP contribution in [-0.4, -0.2) is 44.3 Å². The number of rotatable bonds is 12. The minimum Gasteiger partial charge on any atom is -0.354 e. The summed E-state index contributed by atoms with van der Waals surface area (Å²) in [5, 5.41) is 2.85. The molecule has 0 aliphatic heterocycles. The standard InChI is InChI=1S/C31H38FN3O4S/c1-6-18-33-31(37)28(7-2)34(20-25-11-13-26(32)14-12-25)30(36)21-35(29-17-10-23(4)19-24(29)5)40(38,39)27-15-8-22(3)9-16-27/h8-17,19,28H,6-7,18,20-21H2,1-5H3,(H,33,37). The lowest BCUT2D eigenvalue weighted by molar-refractivity contribution is -0.140. The second-order valence-electron chi connectivity index (χ2n) is 9.98. The topological polar surface area (TPSA) is 86.8 Å². The van der Waals surface area contributed by atoms with Gasteiger partial charge in [0.15, 0.2) is 0 Å². The highest BCUT2D eigenvalue weighted by Gasteiger charge is 2.34. The van der Waals surface area contributed by atoms with Crippen molar-refractivity contribution in [3.05, 3.63) is 94.8 Å². The van der Waals surface area contributed by atoms with E-state index < -0.39 is 34.3 Å². The molecule has 0 saturated carbocycles. The maximum Gasteiger partial charge on any atom is 0.264 e. The summed E-state index contributed by atoms with van der Waals surface area (Å²) in [4.78, 5) is 28.6. The zero-order chi connectivity index (χ0) is 29.4. The number of nitrogens with one attached hydrogen (secondary N) is 1. The molecule has 0 saturated heterocycles. The normalized spacial score (nSPS) is 12.1. The fourth-order valence-electron chi connectivity index (χ4n) is 4.51. The lowest BCUT2D eigenvalue weighted by atomic mass is 10.1. The van der Waals surface area contributed by atoms with Crippen molar-refractivity contribution in [1.29, 1.82) is 0 Å². The van der Waals surface area contributed by atoms with Gasteiger partial charge in [0, 0.05) is 13.1 Å². The van der Waals surface area contributed by atoms with E-state index in [0.29, 0.717) is 29.8 Å². The van der Waals surface area contributed by atoms with Gasteiger partial charge >= 0.3 is 0 Å². The SMILES string of the molecule is CCCNC(=O)C(CC)N(Cc1ccc(F)cc1)C(=O)CN(c1ccc(C)cc1C)S(=O)(=O)c1ccc(C)cc1. The molecule has 3 rings (SSSR count). The largest absolute Gasteiger partial charge is 0.354 e. The highest BCUT2D eigenvalue weighted by atomic mass is 32.2. The number of benzene rings is 3. The zero-order valence-electron chi connectivity index (χ0n) is 23.8. The lowest BCUT2D eigenvalue weighted by Crippen LogP contribution is -2.52. The number of aryl methyl sites for hydroxylation is 3. The van der Waals surface area contributed by atoms with Crippen LogP contribution in [-0.2, 0) is 26.2 Å². The van der Waals surface area contributed by atoms with Crippen LogP contribution in [0, 0.1) is 26.6 Å². The Morgan fingerprint density at radius 1 is 0.900 bits per heavy atom. The van der Waals surface area contributed by atoms with E-state index in [9.17, 15) is 22.4 Å². The third-order valence-electron chi connectivity index (χ3n) is 6.71. The number of halogens is 1. The lowest BCUT2D eigenvalue weighted by Gasteiger charge is -2.33. The van der Waals surface area contributed by atoms with Gasteiger partial charge in [0.2, 0.25) is 11.8 Å². The van der Waals surface area contributed by atoms with Crippen molar-refractivity contribution in [2.45, 2.75) is 64.9 Å². The molecule has 3 aromatic carbocycles. The number of sulfonamides is 1. The number of nitrogens with zero attached hydrogens (tertiary/aromatic N) is 2. The molecule has 0 spiro atoms. The van der Waals surface area contributed by atoms with E-state index in [1.54, 1.807) is 50.2 Å². The predicted octanol–water partition coefficient (Wildman–Crippen LogP) is 5.28. The molecule has 7 nitrogen and oxygen atoms in total. The van der Waals surface area contributed by atoms with Gasteiger partial charge in [0.1, 0.15) is 18.4 Å². The van der Waals surface area contributed by atoms with Gasteiger partial charge in [-0.15, -0.1) is 0 Å². The second kappa shape index (κ2) is 13.6. The van der Waals surface area contributed by atoms with Crippen molar-refractivity contribution < 1.29 is 22.4 Å². The van der Waals surface area contributed by atoms with Gasteiger partial charge in [-0.1, -0.05) is 61.4 Å². The maximum atomic E-state index is 14.1. The molecule has 40 heavy (non-hydrogen) atoms. The fourth-order valence-corrected chi connectivity index (χ4v) is 5.99. The Labute approximate surface area is 237 Å². The van der Waals surface area contributed by atoms with Crippen molar-refractivity contribution in [2.75, 3.05) is 17.4 Å². The minimum absolute atomic E-state index is 0.0163. The van der Waals surface area contributed by atoms with Crippen LogP contribution >= 0.6 is 0 Å². The van der Waals surface area contributed by atoms with Gasteiger partial charge in [0.25, 0.3) is 10.0 Å². The van der Waals surface area contributed by atoms with Crippen molar-refractivity contribution >= 4 is 27.5 Å². The van der Waals surface area contributed by atoms with Crippen LogP contribution in [0.3, 0.4) is 0 Å². The van der Waals surface area contributed by atoms with Crippen molar-refractivity contribution in [3.8, 4) is 0 Å². The Hall–Kier alpha value is -3.72. The highest BCUT2D eigenvalue weighted by molar-refractivity contribution is 7.92. The summed E-state index contributed by atoms with van der Waals surface area (Å²) in [6, 6.07) is 16.7. The van der Waals surface area contributed by atoms with Gasteiger partial charge < -0.3 is 10.2 Å². The van der Waals surface area contributed by atoms with Gasteiger partial charge in [0.05, 0.1) is 10.6 Å². The maximum absolute atomic E-state index is 14.1. The second-order valence-corrected chi connectivity index (χ2v) is 11.8. The zero-order valence-corrected chi connectivity index (χ0v) is 24.6. The summed E-state index contributed by atoms with van der Waals surface area (Å²) in [5.74, 6) is -1.28. The van der Waals surface area contributed by atoms with E-state index in [4.69, 9.17) is 0 Å². The first kappa shape index (κ1) is 30.8. The summed E-state index contributed by atoms with van der Waals surface area (Å²) in [5.41, 5.74) is 3.56. The predicted molar refractivity (Wildman–Crippen MR) is 156 cm³/mol. The van der Waals surface area contributed by atoms with E-state index in [1.165, 1.54) is 29.2 Å². The van der Waals surface area contributed by atoms with Crippen LogP contribution in [0.2, 0.25) is 0 Å². The Kier molecular flexibility index (Phi) is 10.5. The van der Waals surface area contributed by atoms with E-state index >= 15 is 0 Å². The van der Waals surface area contributed by atoms with Crippen LogP contribution in [0.25, 0.3) is 0 Å². The summed E-state index contributed by atoms with van der Waals surface area (Å²) < 4.78 is 42.7. The number of hydrogen-bond donors (Lipinski definition) is 1. The molecule has 0 radical (unpaired) electrons. The van der Waals surface area contributed by atoms with E-state index in [1.807, 2.05) is 26.8 Å². The number of amides is 2. The molecule has 0 aromatic heterocycles. The Bertz CT molecular complexity index is 1420. The van der Waals surface area contributed by atoms with Gasteiger partial charge in [-0.2, -0.15) is 0 Å². The molecule has 0 aliphatic rings. The molecule has 3 aromatic rings. The van der Waals surface area contributed by atoms with Crippen LogP contribution < -0.4 is 9.62 Å². The smallest absolute Gasteiger partial charge is 0.264 e. The Morgan fingerprint density at radius 3 is 2.10 bits per heavy atom. The summed E-state index contributed by atoms with van der Waals surface area (Å²) >= 11 is 0. The monoisotopic (exact) mass is 567 g/mol. The third-order valence-corrected chi connectivity index (χ3v) is 8.48. The molecule has 1 N–H and O–H groups in total. The van der Waals surface area contributed by atoms with Crippen LogP contribution in [0.1, 0.15) is 48.9 Å². The minimum atomic E-state index is -4.14. The first-order valence-corrected chi connectivity index (χ1v) is 14.9. The number of hydrogen-bond acceptors (Lipinski definition) is 4. The van der Waals surface area contributed by atoms with E-state index in [0.717, 1.165) is 21.9 Å². The van der Waals surface area contributed by atoms with Gasteiger partial charge in [-0.25, -0.2) is 12.8 Å². The van der Waals surface area contributed by atoms with Crippen molar-refractivity contribution in [3.63, 3.8) is 0 Å². The highest BCUT2D eigenvalue weighted by Crippen LogP contribution is 2.28. The summed E-state index contributed by atoms with van der Waals surface area (Å²) in [7, 11) is -4.14. The molecule has 9 heteroatoms. The number of carbonyl (C=O) groups excluding carboxylic acids is 2. The number of anilines is 1. The van der Waals surface area contributed by atoms with E-state index in [-0.39, 0.29) is 17.3 Å². The first-order valence-electron chi connectivity index (χ1n) is 13.5. The summed E-state index contributed by atoms with van der Waals surface area (Å²) in [6.07, 6.45) is 1.04. The average molecular weight is 568 g/mol. The third kappa shape index (κ3) is 7.47. The molecule has 0 bridgehead atoms. The van der Waals surface area contributed by atoms with Crippen LogP contribution in [0.15, 0.2) is 71.6 Å².